The van der Waals surface area contributed by atoms with Crippen LogP contribution in [0, 0.1) is 0 Å². The SMILES string of the molecule is CCN1CCN(CCCNC(=O)[C@H]2c3ccccc3C(=O)N(CCOC)[C@H]2c2cccs2)CC1. The Morgan fingerprint density at radius 1 is 1.09 bits per heavy atom. The predicted molar refractivity (Wildman–Crippen MR) is 135 cm³/mol. The van der Waals surface area contributed by atoms with E-state index in [1.165, 1.54) is 0 Å². The van der Waals surface area contributed by atoms with E-state index in [0.29, 0.717) is 25.3 Å². The van der Waals surface area contributed by atoms with Crippen LogP contribution < -0.4 is 5.32 Å². The van der Waals surface area contributed by atoms with Crippen LogP contribution in [0.2, 0.25) is 0 Å². The minimum atomic E-state index is -0.447. The van der Waals surface area contributed by atoms with E-state index in [1.54, 1.807) is 18.4 Å². The lowest BCUT2D eigenvalue weighted by Crippen LogP contribution is -2.48. The molecule has 0 aliphatic carbocycles. The average molecular weight is 485 g/mol. The van der Waals surface area contributed by atoms with Gasteiger partial charge in [0.25, 0.3) is 5.91 Å². The number of ether oxygens (including phenoxy) is 1. The Labute approximate surface area is 206 Å². The zero-order valence-electron chi connectivity index (χ0n) is 20.2. The van der Waals surface area contributed by atoms with Crippen molar-refractivity contribution >= 4 is 23.2 Å². The van der Waals surface area contributed by atoms with Crippen molar-refractivity contribution < 1.29 is 14.3 Å². The molecule has 34 heavy (non-hydrogen) atoms. The Bertz CT molecular complexity index is 943. The number of piperazine rings is 1. The maximum atomic E-state index is 13.6. The summed E-state index contributed by atoms with van der Waals surface area (Å²) in [7, 11) is 1.63. The van der Waals surface area contributed by atoms with E-state index in [4.69, 9.17) is 4.74 Å². The number of carbonyl (C=O) groups excluding carboxylic acids is 2. The fourth-order valence-corrected chi connectivity index (χ4v) is 5.91. The lowest BCUT2D eigenvalue weighted by molar-refractivity contribution is -0.124. The zero-order chi connectivity index (χ0) is 23.9. The first-order valence-corrected chi connectivity index (χ1v) is 13.2. The number of benzene rings is 1. The highest BCUT2D eigenvalue weighted by Gasteiger charge is 2.44. The number of hydrogen-bond acceptors (Lipinski definition) is 6. The van der Waals surface area contributed by atoms with Crippen LogP contribution in [-0.4, -0.2) is 92.6 Å². The second-order valence-corrected chi connectivity index (χ2v) is 9.92. The van der Waals surface area contributed by atoms with Crippen molar-refractivity contribution in [2.45, 2.75) is 25.3 Å². The standard InChI is InChI=1S/C26H36N4O3S/c1-3-28-13-15-29(16-14-28)12-7-11-27-25(31)23-20-8-4-5-9-21(20)26(32)30(17-18-33-2)24(23)22-10-6-19-34-22/h4-6,8-10,19,23-24H,3,7,11-18H2,1-2H3,(H,27,31)/t23-,24-/m0/s1. The molecular formula is C26H36N4O3S. The molecule has 3 heterocycles. The van der Waals surface area contributed by atoms with E-state index >= 15 is 0 Å². The maximum Gasteiger partial charge on any atom is 0.254 e. The quantitative estimate of drug-likeness (QED) is 0.526. The van der Waals surface area contributed by atoms with Crippen molar-refractivity contribution in [3.63, 3.8) is 0 Å². The molecule has 0 unspecified atom stereocenters. The molecule has 8 heteroatoms. The number of nitrogens with one attached hydrogen (secondary N) is 1. The van der Waals surface area contributed by atoms with Crippen LogP contribution in [0.1, 0.15) is 46.1 Å². The highest BCUT2D eigenvalue weighted by atomic mass is 32.1. The minimum Gasteiger partial charge on any atom is -0.383 e. The molecule has 2 amide bonds. The van der Waals surface area contributed by atoms with E-state index in [9.17, 15) is 9.59 Å². The molecule has 1 aromatic carbocycles. The number of carbonyl (C=O) groups is 2. The van der Waals surface area contributed by atoms with Gasteiger partial charge in [0.2, 0.25) is 5.91 Å². The van der Waals surface area contributed by atoms with Crippen molar-refractivity contribution in [2.75, 3.05) is 66.1 Å². The summed E-state index contributed by atoms with van der Waals surface area (Å²) in [5.74, 6) is -0.504. The van der Waals surface area contributed by atoms with E-state index < -0.39 is 5.92 Å². The molecule has 1 aromatic heterocycles. The number of amides is 2. The van der Waals surface area contributed by atoms with Crippen LogP contribution in [0.3, 0.4) is 0 Å². The number of likely N-dealkylation sites (N-methyl/N-ethyl adjacent to an activating group) is 1. The molecule has 2 aliphatic rings. The second kappa shape index (κ2) is 11.9. The zero-order valence-corrected chi connectivity index (χ0v) is 21.1. The number of nitrogens with zero attached hydrogens (tertiary/aromatic N) is 3. The van der Waals surface area contributed by atoms with Crippen LogP contribution in [0.5, 0.6) is 0 Å². The van der Waals surface area contributed by atoms with Crippen LogP contribution in [0.25, 0.3) is 0 Å². The molecule has 2 aromatic rings. The van der Waals surface area contributed by atoms with Gasteiger partial charge >= 0.3 is 0 Å². The van der Waals surface area contributed by atoms with Gasteiger partial charge in [-0.1, -0.05) is 31.2 Å². The molecule has 184 valence electrons. The van der Waals surface area contributed by atoms with Crippen molar-refractivity contribution in [1.82, 2.24) is 20.0 Å². The van der Waals surface area contributed by atoms with E-state index in [-0.39, 0.29) is 17.9 Å². The van der Waals surface area contributed by atoms with Crippen LogP contribution in [0.4, 0.5) is 0 Å². The molecule has 0 spiro atoms. The lowest BCUT2D eigenvalue weighted by Gasteiger charge is -2.41. The number of methoxy groups -OCH3 is 1. The largest absolute Gasteiger partial charge is 0.383 e. The maximum absolute atomic E-state index is 13.6. The molecule has 0 saturated carbocycles. The summed E-state index contributed by atoms with van der Waals surface area (Å²) in [4.78, 5) is 34.8. The summed E-state index contributed by atoms with van der Waals surface area (Å²) >= 11 is 1.59. The normalized spacial score (nSPS) is 21.5. The molecule has 0 radical (unpaired) electrons. The summed E-state index contributed by atoms with van der Waals surface area (Å²) in [6.45, 7) is 10.2. The van der Waals surface area contributed by atoms with Crippen LogP contribution in [-0.2, 0) is 9.53 Å². The molecule has 2 aliphatic heterocycles. The highest BCUT2D eigenvalue weighted by molar-refractivity contribution is 7.10. The van der Waals surface area contributed by atoms with Crippen LogP contribution in [0.15, 0.2) is 41.8 Å². The van der Waals surface area contributed by atoms with Gasteiger partial charge in [-0.3, -0.25) is 9.59 Å². The molecule has 4 rings (SSSR count). The summed E-state index contributed by atoms with van der Waals surface area (Å²) in [5, 5.41) is 5.20. The summed E-state index contributed by atoms with van der Waals surface area (Å²) in [6.07, 6.45) is 0.919. The Kier molecular flexibility index (Phi) is 8.72. The lowest BCUT2D eigenvalue weighted by atomic mass is 9.81. The molecular weight excluding hydrogens is 448 g/mol. The Morgan fingerprint density at radius 3 is 2.56 bits per heavy atom. The number of hydrogen-bond donors (Lipinski definition) is 1. The van der Waals surface area contributed by atoms with E-state index in [0.717, 1.165) is 56.1 Å². The van der Waals surface area contributed by atoms with Crippen molar-refractivity contribution in [3.05, 3.63) is 57.8 Å². The fraction of sp³-hybridized carbons (Fsp3) is 0.538. The van der Waals surface area contributed by atoms with Gasteiger partial charge < -0.3 is 24.8 Å². The van der Waals surface area contributed by atoms with Crippen molar-refractivity contribution in [1.29, 1.82) is 0 Å². The first kappa shape index (κ1) is 24.9. The summed E-state index contributed by atoms with van der Waals surface area (Å²) < 4.78 is 5.29. The van der Waals surface area contributed by atoms with Crippen molar-refractivity contribution in [2.24, 2.45) is 0 Å². The molecule has 1 fully saturated rings. The number of rotatable bonds is 10. The number of thiophene rings is 1. The molecule has 0 bridgehead atoms. The average Bonchev–Trinajstić information content (AvgIpc) is 3.41. The van der Waals surface area contributed by atoms with Crippen LogP contribution >= 0.6 is 11.3 Å². The number of fused-ring (bicyclic) bond motifs is 1. The summed E-state index contributed by atoms with van der Waals surface area (Å²) in [5.41, 5.74) is 1.42. The Morgan fingerprint density at radius 2 is 1.85 bits per heavy atom. The monoisotopic (exact) mass is 484 g/mol. The highest BCUT2D eigenvalue weighted by Crippen LogP contribution is 2.44. The van der Waals surface area contributed by atoms with E-state index in [2.05, 4.69) is 22.0 Å². The molecule has 7 nitrogen and oxygen atoms in total. The first-order valence-electron chi connectivity index (χ1n) is 12.3. The minimum absolute atomic E-state index is 0.0171. The Hall–Kier alpha value is -2.26. The molecule has 1 saturated heterocycles. The smallest absolute Gasteiger partial charge is 0.254 e. The van der Waals surface area contributed by atoms with Gasteiger partial charge in [0.05, 0.1) is 18.6 Å². The van der Waals surface area contributed by atoms with Gasteiger partial charge in [0, 0.05) is 56.8 Å². The topological polar surface area (TPSA) is 65.1 Å². The van der Waals surface area contributed by atoms with Gasteiger partial charge in [-0.2, -0.15) is 0 Å². The molecule has 2 atom stereocenters. The predicted octanol–water partition coefficient (Wildman–Crippen LogP) is 2.82. The third-order valence-corrected chi connectivity index (χ3v) is 7.90. The van der Waals surface area contributed by atoms with E-state index in [1.807, 2.05) is 46.7 Å². The van der Waals surface area contributed by atoms with Gasteiger partial charge in [-0.25, -0.2) is 0 Å². The van der Waals surface area contributed by atoms with Gasteiger partial charge in [-0.15, -0.1) is 11.3 Å². The first-order chi connectivity index (χ1) is 16.6. The third kappa shape index (κ3) is 5.51. The van der Waals surface area contributed by atoms with Crippen molar-refractivity contribution in [3.8, 4) is 0 Å². The molecule has 1 N–H and O–H groups in total. The third-order valence-electron chi connectivity index (χ3n) is 6.95. The fourth-order valence-electron chi connectivity index (χ4n) is 5.04. The van der Waals surface area contributed by atoms with Gasteiger partial charge in [0.15, 0.2) is 0 Å². The van der Waals surface area contributed by atoms with Gasteiger partial charge in [0.1, 0.15) is 0 Å². The van der Waals surface area contributed by atoms with Gasteiger partial charge in [-0.05, 0) is 42.6 Å². The summed E-state index contributed by atoms with van der Waals surface area (Å²) in [6, 6.07) is 11.2. The second-order valence-electron chi connectivity index (χ2n) is 8.94. The Balaban J connectivity index is 1.47.